The number of carbonyl (C=O) groups is 1. The maximum absolute atomic E-state index is 13.8. The van der Waals surface area contributed by atoms with E-state index in [1.807, 2.05) is 0 Å². The van der Waals surface area contributed by atoms with Gasteiger partial charge in [0, 0.05) is 6.20 Å². The van der Waals surface area contributed by atoms with Gasteiger partial charge in [0.25, 0.3) is 0 Å². The summed E-state index contributed by atoms with van der Waals surface area (Å²) >= 11 is 5.89. The monoisotopic (exact) mass is 367 g/mol. The summed E-state index contributed by atoms with van der Waals surface area (Å²) in [5, 5.41) is 23.2. The Hall–Kier alpha value is -2.25. The van der Waals surface area contributed by atoms with Crippen LogP contribution < -0.4 is 5.32 Å². The summed E-state index contributed by atoms with van der Waals surface area (Å²) in [7, 11) is 0. The molecule has 0 aliphatic rings. The van der Waals surface area contributed by atoms with Crippen molar-refractivity contribution in [2.75, 3.05) is 0 Å². The number of aliphatic hydroxyl groups is 1. The van der Waals surface area contributed by atoms with Crippen molar-refractivity contribution in [1.29, 1.82) is 0 Å². The third-order valence-corrected chi connectivity index (χ3v) is 4.20. The Balaban J connectivity index is 2.72. The minimum atomic E-state index is -1.85. The number of nitrogens with one attached hydrogen (secondary N) is 1. The Morgan fingerprint density at radius 1 is 1.32 bits per heavy atom. The first kappa shape index (κ1) is 19.1. The number of hydrogen-bond acceptors (Lipinski definition) is 4. The van der Waals surface area contributed by atoms with Gasteiger partial charge in [0.2, 0.25) is 0 Å². The molecule has 8 heteroatoms. The lowest BCUT2D eigenvalue weighted by Crippen LogP contribution is -2.52. The zero-order valence-corrected chi connectivity index (χ0v) is 14.8. The molecule has 0 aliphatic heterocycles. The van der Waals surface area contributed by atoms with Gasteiger partial charge < -0.3 is 15.5 Å². The summed E-state index contributed by atoms with van der Waals surface area (Å²) in [6.07, 6.45) is -0.0248. The Morgan fingerprint density at radius 3 is 2.52 bits per heavy atom. The second-order valence-corrected chi connectivity index (χ2v) is 7.03. The zero-order chi connectivity index (χ0) is 18.8. The molecule has 0 saturated heterocycles. The van der Waals surface area contributed by atoms with Crippen LogP contribution in [0.15, 0.2) is 36.5 Å². The molecule has 1 heterocycles. The van der Waals surface area contributed by atoms with Gasteiger partial charge in [-0.2, -0.15) is 0 Å². The van der Waals surface area contributed by atoms with Gasteiger partial charge >= 0.3 is 6.09 Å². The van der Waals surface area contributed by atoms with Gasteiger partial charge in [-0.1, -0.05) is 44.5 Å². The molecule has 6 nitrogen and oxygen atoms in total. The largest absolute Gasteiger partial charge is 0.465 e. The molecule has 0 bridgehead atoms. The number of aromatic nitrogens is 2. The second kappa shape index (κ2) is 6.93. The fourth-order valence-corrected chi connectivity index (χ4v) is 2.87. The lowest BCUT2D eigenvalue weighted by atomic mass is 9.67. The number of halogens is 2. The third kappa shape index (κ3) is 3.88. The first-order valence-electron chi connectivity index (χ1n) is 7.52. The van der Waals surface area contributed by atoms with E-state index < -0.39 is 29.0 Å². The predicted molar refractivity (Wildman–Crippen MR) is 90.7 cm³/mol. The summed E-state index contributed by atoms with van der Waals surface area (Å²) in [4.78, 5) is 19.4. The molecule has 2 atom stereocenters. The van der Waals surface area contributed by atoms with Gasteiger partial charge in [-0.3, -0.25) is 0 Å². The fraction of sp³-hybridized carbons (Fsp3) is 0.353. The number of benzene rings is 1. The van der Waals surface area contributed by atoms with Crippen LogP contribution in [-0.4, -0.2) is 26.3 Å². The maximum Gasteiger partial charge on any atom is 0.405 e. The standard InChI is InChI=1S/C17H19ClFN3O3/c1-16(2,3)17(25,10-5-4-6-11(19)9-10)13(22-15(23)24)14-20-8-7-12(18)21-14/h4-9,13,22,25H,1-3H3,(H,23,24)/t13-,17-/m0/s1. The van der Waals surface area contributed by atoms with E-state index in [2.05, 4.69) is 15.3 Å². The van der Waals surface area contributed by atoms with E-state index in [1.165, 1.54) is 30.5 Å². The fourth-order valence-electron chi connectivity index (χ4n) is 2.73. The molecule has 0 spiro atoms. The SMILES string of the molecule is CC(C)(C)[C@](O)(c1cccc(F)c1)[C@@H](NC(=O)O)c1nccc(Cl)n1. The number of amides is 1. The first-order valence-corrected chi connectivity index (χ1v) is 7.90. The average Bonchev–Trinajstić information content (AvgIpc) is 2.50. The summed E-state index contributed by atoms with van der Waals surface area (Å²) in [6, 6.07) is 5.52. The summed E-state index contributed by atoms with van der Waals surface area (Å²) in [6.45, 7) is 5.12. The van der Waals surface area contributed by atoms with Crippen LogP contribution in [0.1, 0.15) is 38.2 Å². The quantitative estimate of drug-likeness (QED) is 0.719. The topological polar surface area (TPSA) is 95.3 Å². The van der Waals surface area contributed by atoms with Gasteiger partial charge in [-0.25, -0.2) is 19.2 Å². The molecule has 2 aromatic rings. The predicted octanol–water partition coefficient (Wildman–Crippen LogP) is 3.51. The molecular formula is C17H19ClFN3O3. The highest BCUT2D eigenvalue weighted by molar-refractivity contribution is 6.29. The molecular weight excluding hydrogens is 349 g/mol. The van der Waals surface area contributed by atoms with Gasteiger partial charge in [-0.05, 0) is 29.2 Å². The van der Waals surface area contributed by atoms with E-state index in [0.717, 1.165) is 6.07 Å². The molecule has 0 fully saturated rings. The van der Waals surface area contributed by atoms with Crippen LogP contribution in [0.5, 0.6) is 0 Å². The van der Waals surface area contributed by atoms with Gasteiger partial charge in [0.1, 0.15) is 22.6 Å². The van der Waals surface area contributed by atoms with E-state index in [0.29, 0.717) is 0 Å². The van der Waals surface area contributed by atoms with Crippen molar-refractivity contribution in [2.45, 2.75) is 32.4 Å². The van der Waals surface area contributed by atoms with Crippen LogP contribution in [0.25, 0.3) is 0 Å². The Bertz CT molecular complexity index is 782. The zero-order valence-electron chi connectivity index (χ0n) is 14.0. The highest BCUT2D eigenvalue weighted by Crippen LogP contribution is 2.47. The van der Waals surface area contributed by atoms with E-state index in [4.69, 9.17) is 11.6 Å². The first-order chi connectivity index (χ1) is 11.6. The molecule has 134 valence electrons. The van der Waals surface area contributed by atoms with Gasteiger partial charge in [0.15, 0.2) is 5.82 Å². The van der Waals surface area contributed by atoms with E-state index in [1.54, 1.807) is 20.8 Å². The average molecular weight is 368 g/mol. The van der Waals surface area contributed by atoms with E-state index >= 15 is 0 Å². The second-order valence-electron chi connectivity index (χ2n) is 6.65. The van der Waals surface area contributed by atoms with Crippen molar-refractivity contribution in [1.82, 2.24) is 15.3 Å². The Kier molecular flexibility index (Phi) is 5.29. The molecule has 0 unspecified atom stereocenters. The molecule has 1 aromatic carbocycles. The molecule has 0 aliphatic carbocycles. The summed E-state index contributed by atoms with van der Waals surface area (Å²) in [5.74, 6) is -0.571. The van der Waals surface area contributed by atoms with Crippen molar-refractivity contribution < 1.29 is 19.4 Å². The Labute approximate surface area is 149 Å². The molecule has 2 rings (SSSR count). The molecule has 1 amide bonds. The van der Waals surface area contributed by atoms with Crippen LogP contribution >= 0.6 is 11.6 Å². The highest BCUT2D eigenvalue weighted by Gasteiger charge is 2.51. The normalized spacial score (nSPS) is 15.3. The van der Waals surface area contributed by atoms with Crippen LogP contribution in [0, 0.1) is 11.2 Å². The van der Waals surface area contributed by atoms with Crippen LogP contribution in [-0.2, 0) is 5.60 Å². The van der Waals surface area contributed by atoms with Crippen molar-refractivity contribution in [3.05, 3.63) is 58.9 Å². The number of rotatable bonds is 4. The molecule has 0 radical (unpaired) electrons. The lowest BCUT2D eigenvalue weighted by molar-refractivity contribution is -0.0963. The highest BCUT2D eigenvalue weighted by atomic mass is 35.5. The van der Waals surface area contributed by atoms with Crippen molar-refractivity contribution >= 4 is 17.7 Å². The molecule has 25 heavy (non-hydrogen) atoms. The van der Waals surface area contributed by atoms with Crippen molar-refractivity contribution in [3.63, 3.8) is 0 Å². The molecule has 1 aromatic heterocycles. The smallest absolute Gasteiger partial charge is 0.405 e. The minimum Gasteiger partial charge on any atom is -0.465 e. The minimum absolute atomic E-state index is 0.0170. The molecule has 0 saturated carbocycles. The summed E-state index contributed by atoms with van der Waals surface area (Å²) < 4.78 is 13.8. The lowest BCUT2D eigenvalue weighted by Gasteiger charge is -2.45. The number of hydrogen-bond donors (Lipinski definition) is 3. The maximum atomic E-state index is 13.8. The third-order valence-electron chi connectivity index (χ3n) is 3.99. The van der Waals surface area contributed by atoms with Crippen LogP contribution in [0.4, 0.5) is 9.18 Å². The summed E-state index contributed by atoms with van der Waals surface area (Å²) in [5.41, 5.74) is -2.56. The van der Waals surface area contributed by atoms with Crippen molar-refractivity contribution in [2.24, 2.45) is 5.41 Å². The van der Waals surface area contributed by atoms with Crippen LogP contribution in [0.3, 0.4) is 0 Å². The number of carboxylic acid groups (broad SMARTS) is 1. The van der Waals surface area contributed by atoms with E-state index in [9.17, 15) is 19.4 Å². The van der Waals surface area contributed by atoms with Crippen molar-refractivity contribution in [3.8, 4) is 0 Å². The van der Waals surface area contributed by atoms with Crippen LogP contribution in [0.2, 0.25) is 5.15 Å². The Morgan fingerprint density at radius 2 is 2.00 bits per heavy atom. The molecule has 3 N–H and O–H groups in total. The van der Waals surface area contributed by atoms with Gasteiger partial charge in [0.05, 0.1) is 0 Å². The number of nitrogens with zero attached hydrogens (tertiary/aromatic N) is 2. The van der Waals surface area contributed by atoms with E-state index in [-0.39, 0.29) is 16.5 Å². The van der Waals surface area contributed by atoms with Gasteiger partial charge in [-0.15, -0.1) is 0 Å².